The molecule has 0 aliphatic carbocycles. The van der Waals surface area contributed by atoms with Gasteiger partial charge in [0.25, 0.3) is 0 Å². The van der Waals surface area contributed by atoms with Gasteiger partial charge in [0.2, 0.25) is 11.8 Å². The Labute approximate surface area is 139 Å². The maximum Gasteiger partial charge on any atom is 0.230 e. The molecule has 1 N–H and O–H groups in total. The van der Waals surface area contributed by atoms with Gasteiger partial charge in [-0.3, -0.25) is 9.59 Å². The van der Waals surface area contributed by atoms with E-state index in [1.54, 1.807) is 29.3 Å². The van der Waals surface area contributed by atoms with Crippen molar-refractivity contribution in [2.45, 2.75) is 19.9 Å². The minimum Gasteiger partial charge on any atom is -0.338 e. The quantitative estimate of drug-likeness (QED) is 0.938. The number of carbonyl (C=O) groups is 2. The summed E-state index contributed by atoms with van der Waals surface area (Å²) in [6, 6.07) is 9.69. The van der Waals surface area contributed by atoms with Crippen LogP contribution in [0.25, 0.3) is 0 Å². The molecule has 1 aliphatic rings. The van der Waals surface area contributed by atoms with E-state index >= 15 is 0 Å². The fourth-order valence-electron chi connectivity index (χ4n) is 2.75. The molecule has 2 amide bonds. The molecular formula is C18H18FN3O2. The highest BCUT2D eigenvalue weighted by Gasteiger charge is 2.34. The van der Waals surface area contributed by atoms with Crippen molar-refractivity contribution in [3.05, 3.63) is 59.5 Å². The van der Waals surface area contributed by atoms with Gasteiger partial charge in [-0.15, -0.1) is 0 Å². The molecule has 1 aliphatic heterocycles. The average molecular weight is 327 g/mol. The highest BCUT2D eigenvalue weighted by Crippen LogP contribution is 2.22. The Bertz CT molecular complexity index is 761. The van der Waals surface area contributed by atoms with Crippen molar-refractivity contribution in [3.8, 4) is 0 Å². The maximum absolute atomic E-state index is 12.9. The summed E-state index contributed by atoms with van der Waals surface area (Å²) in [5.41, 5.74) is 1.71. The van der Waals surface area contributed by atoms with E-state index in [-0.39, 0.29) is 24.1 Å². The third kappa shape index (κ3) is 3.59. The standard InChI is InChI=1S/C18H18FN3O2/c1-12-3-2-8-20-17(12)21-18(24)14-9-16(23)22(11-14)10-13-4-6-15(19)7-5-13/h2-8,14H,9-11H2,1H3,(H,20,21,24). The molecule has 1 unspecified atom stereocenters. The van der Waals surface area contributed by atoms with Crippen molar-refractivity contribution < 1.29 is 14.0 Å². The Balaban J connectivity index is 1.62. The Kier molecular flexibility index (Phi) is 4.55. The molecule has 0 bridgehead atoms. The number of hydrogen-bond acceptors (Lipinski definition) is 3. The van der Waals surface area contributed by atoms with Gasteiger partial charge < -0.3 is 10.2 Å². The number of aryl methyl sites for hydroxylation is 1. The van der Waals surface area contributed by atoms with Crippen LogP contribution < -0.4 is 5.32 Å². The minimum absolute atomic E-state index is 0.0720. The number of likely N-dealkylation sites (tertiary alicyclic amines) is 1. The van der Waals surface area contributed by atoms with Gasteiger partial charge in [0, 0.05) is 25.7 Å². The zero-order chi connectivity index (χ0) is 17.1. The van der Waals surface area contributed by atoms with E-state index in [0.717, 1.165) is 11.1 Å². The Morgan fingerprint density at radius 3 is 2.79 bits per heavy atom. The largest absolute Gasteiger partial charge is 0.338 e. The van der Waals surface area contributed by atoms with Crippen LogP contribution >= 0.6 is 0 Å². The molecule has 2 heterocycles. The molecule has 6 heteroatoms. The number of carbonyl (C=O) groups excluding carboxylic acids is 2. The highest BCUT2D eigenvalue weighted by molar-refractivity contribution is 5.97. The summed E-state index contributed by atoms with van der Waals surface area (Å²) < 4.78 is 12.9. The molecule has 0 saturated carbocycles. The smallest absolute Gasteiger partial charge is 0.230 e. The van der Waals surface area contributed by atoms with Crippen LogP contribution in [0.2, 0.25) is 0 Å². The van der Waals surface area contributed by atoms with E-state index in [1.165, 1.54) is 12.1 Å². The van der Waals surface area contributed by atoms with Gasteiger partial charge in [-0.05, 0) is 36.2 Å². The molecule has 5 nitrogen and oxygen atoms in total. The lowest BCUT2D eigenvalue weighted by Crippen LogP contribution is -2.28. The van der Waals surface area contributed by atoms with Gasteiger partial charge in [-0.2, -0.15) is 0 Å². The monoisotopic (exact) mass is 327 g/mol. The SMILES string of the molecule is Cc1cccnc1NC(=O)C1CC(=O)N(Cc2ccc(F)cc2)C1. The van der Waals surface area contributed by atoms with Crippen molar-refractivity contribution >= 4 is 17.6 Å². The number of aromatic nitrogens is 1. The normalized spacial score (nSPS) is 17.2. The average Bonchev–Trinajstić information content (AvgIpc) is 2.93. The first-order valence-electron chi connectivity index (χ1n) is 7.77. The number of pyridine rings is 1. The topological polar surface area (TPSA) is 62.3 Å². The third-order valence-electron chi connectivity index (χ3n) is 4.12. The van der Waals surface area contributed by atoms with Crippen molar-refractivity contribution in [1.82, 2.24) is 9.88 Å². The van der Waals surface area contributed by atoms with Gasteiger partial charge in [0.1, 0.15) is 11.6 Å². The number of hydrogen-bond donors (Lipinski definition) is 1. The van der Waals surface area contributed by atoms with Crippen molar-refractivity contribution in [1.29, 1.82) is 0 Å². The van der Waals surface area contributed by atoms with Gasteiger partial charge in [0.05, 0.1) is 5.92 Å². The molecular weight excluding hydrogens is 309 g/mol. The number of nitrogens with zero attached hydrogens (tertiary/aromatic N) is 2. The van der Waals surface area contributed by atoms with Crippen LogP contribution in [0.3, 0.4) is 0 Å². The van der Waals surface area contributed by atoms with E-state index in [2.05, 4.69) is 10.3 Å². The molecule has 0 radical (unpaired) electrons. The summed E-state index contributed by atoms with van der Waals surface area (Å²) in [7, 11) is 0. The zero-order valence-electron chi connectivity index (χ0n) is 13.3. The number of anilines is 1. The second kappa shape index (κ2) is 6.78. The molecule has 0 spiro atoms. The minimum atomic E-state index is -0.403. The van der Waals surface area contributed by atoms with Gasteiger partial charge >= 0.3 is 0 Å². The molecule has 2 aromatic rings. The lowest BCUT2D eigenvalue weighted by molar-refractivity contribution is -0.128. The second-order valence-corrected chi connectivity index (χ2v) is 5.96. The first-order chi connectivity index (χ1) is 11.5. The maximum atomic E-state index is 12.9. The second-order valence-electron chi connectivity index (χ2n) is 5.96. The lowest BCUT2D eigenvalue weighted by Gasteiger charge is -2.16. The molecule has 1 aromatic carbocycles. The van der Waals surface area contributed by atoms with Crippen LogP contribution in [0, 0.1) is 18.7 Å². The first kappa shape index (κ1) is 16.1. The lowest BCUT2D eigenvalue weighted by atomic mass is 10.1. The summed E-state index contributed by atoms with van der Waals surface area (Å²) in [6.07, 6.45) is 1.79. The fourth-order valence-corrected chi connectivity index (χ4v) is 2.75. The molecule has 1 fully saturated rings. The zero-order valence-corrected chi connectivity index (χ0v) is 13.3. The molecule has 1 aromatic heterocycles. The number of halogens is 1. The Morgan fingerprint density at radius 1 is 1.33 bits per heavy atom. The summed E-state index contributed by atoms with van der Waals surface area (Å²) in [5.74, 6) is -0.468. The number of rotatable bonds is 4. The van der Waals surface area contributed by atoms with Crippen LogP contribution in [0.5, 0.6) is 0 Å². The molecule has 1 saturated heterocycles. The fraction of sp³-hybridized carbons (Fsp3) is 0.278. The third-order valence-corrected chi connectivity index (χ3v) is 4.12. The molecule has 124 valence electrons. The summed E-state index contributed by atoms with van der Waals surface area (Å²) in [6.45, 7) is 2.60. The summed E-state index contributed by atoms with van der Waals surface area (Å²) >= 11 is 0. The predicted octanol–water partition coefficient (Wildman–Crippen LogP) is 2.52. The van der Waals surface area contributed by atoms with E-state index in [4.69, 9.17) is 0 Å². The summed E-state index contributed by atoms with van der Waals surface area (Å²) in [4.78, 5) is 30.3. The van der Waals surface area contributed by atoms with Crippen LogP contribution in [0.15, 0.2) is 42.6 Å². The van der Waals surface area contributed by atoms with E-state index in [0.29, 0.717) is 18.9 Å². The van der Waals surface area contributed by atoms with E-state index in [1.807, 2.05) is 13.0 Å². The van der Waals surface area contributed by atoms with E-state index < -0.39 is 5.92 Å². The Morgan fingerprint density at radius 2 is 2.08 bits per heavy atom. The van der Waals surface area contributed by atoms with Gasteiger partial charge in [-0.25, -0.2) is 9.37 Å². The van der Waals surface area contributed by atoms with Crippen molar-refractivity contribution in [2.75, 3.05) is 11.9 Å². The van der Waals surface area contributed by atoms with Gasteiger partial charge in [0.15, 0.2) is 0 Å². The van der Waals surface area contributed by atoms with Crippen molar-refractivity contribution in [3.63, 3.8) is 0 Å². The number of nitrogens with one attached hydrogen (secondary N) is 1. The number of benzene rings is 1. The first-order valence-corrected chi connectivity index (χ1v) is 7.77. The van der Waals surface area contributed by atoms with Crippen LogP contribution in [0.1, 0.15) is 17.5 Å². The highest BCUT2D eigenvalue weighted by atomic mass is 19.1. The van der Waals surface area contributed by atoms with Crippen LogP contribution in [0.4, 0.5) is 10.2 Å². The molecule has 24 heavy (non-hydrogen) atoms. The molecule has 1 atom stereocenters. The summed E-state index contributed by atoms with van der Waals surface area (Å²) in [5, 5.41) is 2.79. The number of amides is 2. The van der Waals surface area contributed by atoms with Crippen LogP contribution in [-0.4, -0.2) is 28.2 Å². The van der Waals surface area contributed by atoms with Gasteiger partial charge in [-0.1, -0.05) is 18.2 Å². The van der Waals surface area contributed by atoms with Crippen molar-refractivity contribution in [2.24, 2.45) is 5.92 Å². The Hall–Kier alpha value is -2.76. The van der Waals surface area contributed by atoms with Crippen LogP contribution in [-0.2, 0) is 16.1 Å². The predicted molar refractivity (Wildman–Crippen MR) is 87.5 cm³/mol. The molecule has 3 rings (SSSR count). The van der Waals surface area contributed by atoms with E-state index in [9.17, 15) is 14.0 Å².